The Morgan fingerprint density at radius 2 is 2.00 bits per heavy atom. The molecule has 5 nitrogen and oxygen atoms in total. The maximum atomic E-state index is 13.3. The highest BCUT2D eigenvalue weighted by molar-refractivity contribution is 6.31. The van der Waals surface area contributed by atoms with Gasteiger partial charge < -0.3 is 5.32 Å². The predicted molar refractivity (Wildman–Crippen MR) is 98.4 cm³/mol. The molecule has 1 aromatic carbocycles. The van der Waals surface area contributed by atoms with Crippen LogP contribution in [0.4, 0.5) is 0 Å². The van der Waals surface area contributed by atoms with E-state index >= 15 is 0 Å². The fourth-order valence-electron chi connectivity index (χ4n) is 6.21. The van der Waals surface area contributed by atoms with E-state index in [0.717, 1.165) is 37.7 Å². The number of rotatable bonds is 4. The summed E-state index contributed by atoms with van der Waals surface area (Å²) in [6.45, 7) is 0.492. The van der Waals surface area contributed by atoms with Crippen molar-refractivity contribution in [1.29, 1.82) is 0 Å². The Hall–Kier alpha value is -1.88. The molecule has 1 aromatic heterocycles. The molecule has 4 aliphatic carbocycles. The maximum absolute atomic E-state index is 13.3. The van der Waals surface area contributed by atoms with Crippen molar-refractivity contribution in [2.45, 2.75) is 50.6 Å². The van der Waals surface area contributed by atoms with Crippen LogP contribution in [0.5, 0.6) is 0 Å². The second-order valence-corrected chi connectivity index (χ2v) is 8.99. The summed E-state index contributed by atoms with van der Waals surface area (Å²) in [6.07, 6.45) is 9.87. The zero-order chi connectivity index (χ0) is 17.8. The number of benzene rings is 1. The molecule has 2 unspecified atom stereocenters. The van der Waals surface area contributed by atoms with Crippen molar-refractivity contribution in [2.24, 2.45) is 17.3 Å². The molecule has 1 N–H and O–H groups in total. The Kier molecular flexibility index (Phi) is 3.64. The fraction of sp³-hybridized carbons (Fsp3) is 0.550. The molecule has 4 aliphatic rings. The summed E-state index contributed by atoms with van der Waals surface area (Å²) in [4.78, 5) is 17.5. The number of carbonyl (C=O) groups is 1. The zero-order valence-corrected chi connectivity index (χ0v) is 15.5. The third kappa shape index (κ3) is 2.48. The number of halogens is 1. The van der Waals surface area contributed by atoms with Gasteiger partial charge in [-0.25, -0.2) is 9.67 Å². The van der Waals surface area contributed by atoms with Crippen LogP contribution in [0.2, 0.25) is 5.02 Å². The molecule has 6 rings (SSSR count). The van der Waals surface area contributed by atoms with Crippen LogP contribution in [0, 0.1) is 17.3 Å². The van der Waals surface area contributed by atoms with E-state index in [1.165, 1.54) is 6.42 Å². The Labute approximate surface area is 158 Å². The first kappa shape index (κ1) is 16.3. The third-order valence-electron chi connectivity index (χ3n) is 6.81. The molecule has 1 heterocycles. The topological polar surface area (TPSA) is 59.8 Å². The Morgan fingerprint density at radius 1 is 1.23 bits per heavy atom. The Morgan fingerprint density at radius 3 is 2.69 bits per heavy atom. The number of nitrogens with zero attached hydrogens (tertiary/aromatic N) is 3. The molecule has 26 heavy (non-hydrogen) atoms. The van der Waals surface area contributed by atoms with Gasteiger partial charge in [0.05, 0.1) is 11.0 Å². The summed E-state index contributed by atoms with van der Waals surface area (Å²) in [7, 11) is 0. The first-order chi connectivity index (χ1) is 12.6. The van der Waals surface area contributed by atoms with Crippen molar-refractivity contribution < 1.29 is 4.79 Å². The SMILES string of the molecule is O=C(NCc1ccccc1Cl)C12CC3CC(C1)CC(n1cncn1)(C3)C2. The standard InChI is InChI=1S/C20H23ClN4O/c21-17-4-2-1-3-16(17)10-23-18(26)19-6-14-5-15(7-19)9-20(8-14,11-19)25-13-22-12-24-25/h1-4,12-15H,5-11H2,(H,23,26). The highest BCUT2D eigenvalue weighted by Crippen LogP contribution is 2.64. The van der Waals surface area contributed by atoms with Crippen LogP contribution in [0.1, 0.15) is 44.1 Å². The molecule has 0 saturated heterocycles. The largest absolute Gasteiger partial charge is 0.351 e. The number of carbonyl (C=O) groups excluding carboxylic acids is 1. The van der Waals surface area contributed by atoms with Crippen molar-refractivity contribution in [2.75, 3.05) is 0 Å². The van der Waals surface area contributed by atoms with Gasteiger partial charge in [-0.1, -0.05) is 29.8 Å². The molecule has 2 aromatic rings. The fourth-order valence-corrected chi connectivity index (χ4v) is 6.41. The summed E-state index contributed by atoms with van der Waals surface area (Å²) in [6, 6.07) is 7.71. The van der Waals surface area contributed by atoms with Gasteiger partial charge in [0.25, 0.3) is 0 Å². The Bertz CT molecular complexity index is 820. The van der Waals surface area contributed by atoms with Gasteiger partial charge in [0.1, 0.15) is 12.7 Å². The number of aromatic nitrogens is 3. The van der Waals surface area contributed by atoms with E-state index in [1.807, 2.05) is 35.3 Å². The second-order valence-electron chi connectivity index (χ2n) is 8.58. The van der Waals surface area contributed by atoms with Crippen LogP contribution in [0.25, 0.3) is 0 Å². The van der Waals surface area contributed by atoms with Gasteiger partial charge >= 0.3 is 0 Å². The molecule has 6 heteroatoms. The van der Waals surface area contributed by atoms with Crippen LogP contribution >= 0.6 is 11.6 Å². The summed E-state index contributed by atoms with van der Waals surface area (Å²) >= 11 is 6.25. The van der Waals surface area contributed by atoms with Crippen molar-refractivity contribution in [1.82, 2.24) is 20.1 Å². The minimum atomic E-state index is -0.267. The normalized spacial score (nSPS) is 34.8. The first-order valence-electron chi connectivity index (χ1n) is 9.45. The lowest BCUT2D eigenvalue weighted by Crippen LogP contribution is -2.61. The lowest BCUT2D eigenvalue weighted by atomic mass is 9.46. The van der Waals surface area contributed by atoms with Crippen LogP contribution in [-0.4, -0.2) is 20.7 Å². The van der Waals surface area contributed by atoms with E-state index in [9.17, 15) is 4.79 Å². The highest BCUT2D eigenvalue weighted by Gasteiger charge is 2.61. The lowest BCUT2D eigenvalue weighted by molar-refractivity contribution is -0.156. The van der Waals surface area contributed by atoms with E-state index < -0.39 is 0 Å². The summed E-state index contributed by atoms with van der Waals surface area (Å²) in [5.74, 6) is 1.43. The van der Waals surface area contributed by atoms with E-state index in [2.05, 4.69) is 15.4 Å². The van der Waals surface area contributed by atoms with E-state index in [1.54, 1.807) is 6.33 Å². The minimum absolute atomic E-state index is 0.0255. The zero-order valence-electron chi connectivity index (χ0n) is 14.7. The predicted octanol–water partition coefficient (Wildman–Crippen LogP) is 3.54. The first-order valence-corrected chi connectivity index (χ1v) is 9.83. The molecular formula is C20H23ClN4O. The molecule has 1 amide bonds. The Balaban J connectivity index is 1.40. The van der Waals surface area contributed by atoms with Crippen molar-refractivity contribution in [3.05, 3.63) is 47.5 Å². The molecule has 0 spiro atoms. The van der Waals surface area contributed by atoms with Gasteiger partial charge in [-0.15, -0.1) is 0 Å². The molecule has 4 saturated carbocycles. The third-order valence-corrected chi connectivity index (χ3v) is 7.18. The van der Waals surface area contributed by atoms with Crippen LogP contribution in [0.3, 0.4) is 0 Å². The van der Waals surface area contributed by atoms with Crippen molar-refractivity contribution in [3.8, 4) is 0 Å². The second kappa shape index (κ2) is 5.81. The van der Waals surface area contributed by atoms with Gasteiger partial charge in [-0.2, -0.15) is 5.10 Å². The van der Waals surface area contributed by atoms with Gasteiger partial charge in [-0.3, -0.25) is 4.79 Å². The van der Waals surface area contributed by atoms with Gasteiger partial charge in [0.2, 0.25) is 5.91 Å². The summed E-state index contributed by atoms with van der Waals surface area (Å²) < 4.78 is 2.04. The van der Waals surface area contributed by atoms with E-state index in [-0.39, 0.29) is 16.9 Å². The monoisotopic (exact) mass is 370 g/mol. The summed E-state index contributed by atoms with van der Waals surface area (Å²) in [5, 5.41) is 8.35. The van der Waals surface area contributed by atoms with Crippen LogP contribution in [-0.2, 0) is 16.9 Å². The molecular weight excluding hydrogens is 348 g/mol. The number of amides is 1. The molecule has 0 aliphatic heterocycles. The average molecular weight is 371 g/mol. The van der Waals surface area contributed by atoms with Gasteiger partial charge in [0, 0.05) is 11.6 Å². The average Bonchev–Trinajstić information content (AvgIpc) is 3.15. The smallest absolute Gasteiger partial charge is 0.226 e. The number of hydrogen-bond acceptors (Lipinski definition) is 3. The molecule has 136 valence electrons. The molecule has 0 radical (unpaired) electrons. The quantitative estimate of drug-likeness (QED) is 0.895. The van der Waals surface area contributed by atoms with Crippen LogP contribution < -0.4 is 5.32 Å². The van der Waals surface area contributed by atoms with Crippen molar-refractivity contribution in [3.63, 3.8) is 0 Å². The van der Waals surface area contributed by atoms with E-state index in [4.69, 9.17) is 11.6 Å². The van der Waals surface area contributed by atoms with Crippen LogP contribution in [0.15, 0.2) is 36.9 Å². The molecule has 4 fully saturated rings. The van der Waals surface area contributed by atoms with Gasteiger partial charge in [0.15, 0.2) is 0 Å². The molecule has 4 bridgehead atoms. The lowest BCUT2D eigenvalue weighted by Gasteiger charge is -2.60. The summed E-state index contributed by atoms with van der Waals surface area (Å²) in [5.41, 5.74) is 0.679. The number of hydrogen-bond donors (Lipinski definition) is 1. The number of nitrogens with one attached hydrogen (secondary N) is 1. The minimum Gasteiger partial charge on any atom is -0.351 e. The highest BCUT2D eigenvalue weighted by atomic mass is 35.5. The van der Waals surface area contributed by atoms with Crippen molar-refractivity contribution >= 4 is 17.5 Å². The van der Waals surface area contributed by atoms with Gasteiger partial charge in [-0.05, 0) is 62.0 Å². The molecule has 2 atom stereocenters. The maximum Gasteiger partial charge on any atom is 0.226 e. The van der Waals surface area contributed by atoms with E-state index in [0.29, 0.717) is 23.4 Å².